The Balaban J connectivity index is 2.70. The summed E-state index contributed by atoms with van der Waals surface area (Å²) in [6.45, 7) is 0.694. The standard InChI is InChI=1S/C13H17FN2O3S/c1-15(2)5-4-9-8-16(20(3,18)19)11-6-10(14)7-12(17)13(9)11/h6-8,17H,4-5H2,1-3H3. The first-order valence-corrected chi connectivity index (χ1v) is 7.92. The maximum atomic E-state index is 13.4. The second-order valence-electron chi connectivity index (χ2n) is 5.09. The number of aromatic nitrogens is 1. The number of halogens is 1. The Hall–Kier alpha value is -1.60. The number of hydrogen-bond acceptors (Lipinski definition) is 4. The van der Waals surface area contributed by atoms with Crippen LogP contribution in [0, 0.1) is 5.82 Å². The van der Waals surface area contributed by atoms with Gasteiger partial charge >= 0.3 is 0 Å². The van der Waals surface area contributed by atoms with Crippen molar-refractivity contribution in [2.24, 2.45) is 0 Å². The Morgan fingerprint density at radius 2 is 2.00 bits per heavy atom. The van der Waals surface area contributed by atoms with Crippen molar-refractivity contribution in [2.75, 3.05) is 26.9 Å². The van der Waals surface area contributed by atoms with Crippen molar-refractivity contribution < 1.29 is 17.9 Å². The third-order valence-corrected chi connectivity index (χ3v) is 4.10. The third kappa shape index (κ3) is 2.78. The van der Waals surface area contributed by atoms with E-state index in [2.05, 4.69) is 0 Å². The van der Waals surface area contributed by atoms with Crippen molar-refractivity contribution in [3.8, 4) is 5.75 Å². The average molecular weight is 300 g/mol. The van der Waals surface area contributed by atoms with E-state index in [0.29, 0.717) is 23.9 Å². The lowest BCUT2D eigenvalue weighted by Crippen LogP contribution is -2.15. The smallest absolute Gasteiger partial charge is 0.236 e. The Bertz CT molecular complexity index is 751. The van der Waals surface area contributed by atoms with Gasteiger partial charge in [0.2, 0.25) is 10.0 Å². The second kappa shape index (κ2) is 5.06. The summed E-state index contributed by atoms with van der Waals surface area (Å²) >= 11 is 0. The second-order valence-corrected chi connectivity index (χ2v) is 6.94. The maximum absolute atomic E-state index is 13.4. The number of hydrogen-bond donors (Lipinski definition) is 1. The van der Waals surface area contributed by atoms with Crippen molar-refractivity contribution >= 4 is 20.9 Å². The molecule has 0 amide bonds. The van der Waals surface area contributed by atoms with Crippen LogP contribution in [-0.4, -0.2) is 49.3 Å². The normalized spacial score (nSPS) is 12.4. The Morgan fingerprint density at radius 1 is 1.35 bits per heavy atom. The Labute approximate surface area is 117 Å². The van der Waals surface area contributed by atoms with Crippen molar-refractivity contribution in [2.45, 2.75) is 6.42 Å². The van der Waals surface area contributed by atoms with E-state index in [1.165, 1.54) is 6.20 Å². The van der Waals surface area contributed by atoms with Crippen molar-refractivity contribution in [1.29, 1.82) is 0 Å². The number of benzene rings is 1. The number of phenols is 1. The van der Waals surface area contributed by atoms with E-state index < -0.39 is 15.8 Å². The van der Waals surface area contributed by atoms with Crippen LogP contribution in [0.25, 0.3) is 10.9 Å². The van der Waals surface area contributed by atoms with Crippen LogP contribution in [0.1, 0.15) is 5.56 Å². The molecule has 0 aliphatic heterocycles. The number of aromatic hydroxyl groups is 1. The van der Waals surface area contributed by atoms with Gasteiger partial charge in [-0.3, -0.25) is 0 Å². The van der Waals surface area contributed by atoms with Gasteiger partial charge in [0, 0.05) is 24.2 Å². The van der Waals surface area contributed by atoms with Crippen molar-refractivity contribution in [1.82, 2.24) is 8.87 Å². The molecule has 0 atom stereocenters. The van der Waals surface area contributed by atoms with Gasteiger partial charge < -0.3 is 10.0 Å². The fraction of sp³-hybridized carbons (Fsp3) is 0.385. The average Bonchev–Trinajstić information content (AvgIpc) is 2.64. The van der Waals surface area contributed by atoms with E-state index in [4.69, 9.17) is 0 Å². The molecule has 2 aromatic rings. The molecule has 0 radical (unpaired) electrons. The highest BCUT2D eigenvalue weighted by atomic mass is 32.2. The summed E-state index contributed by atoms with van der Waals surface area (Å²) in [7, 11) is 0.241. The first-order valence-electron chi connectivity index (χ1n) is 6.08. The molecular formula is C13H17FN2O3S. The van der Waals surface area contributed by atoms with E-state index in [1.54, 1.807) is 0 Å². The zero-order valence-corrected chi connectivity index (χ0v) is 12.4. The fourth-order valence-corrected chi connectivity index (χ4v) is 2.98. The molecule has 0 aliphatic rings. The van der Waals surface area contributed by atoms with Gasteiger partial charge in [0.15, 0.2) is 0 Å². The zero-order valence-electron chi connectivity index (χ0n) is 11.6. The fourth-order valence-electron chi connectivity index (χ4n) is 2.16. The van der Waals surface area contributed by atoms with Crippen LogP contribution < -0.4 is 0 Å². The van der Waals surface area contributed by atoms with Crippen LogP contribution in [0.2, 0.25) is 0 Å². The van der Waals surface area contributed by atoms with Gasteiger partial charge in [-0.05, 0) is 32.1 Å². The summed E-state index contributed by atoms with van der Waals surface area (Å²) in [5.74, 6) is -0.909. The minimum atomic E-state index is -3.56. The molecule has 0 unspecified atom stereocenters. The van der Waals surface area contributed by atoms with E-state index in [-0.39, 0.29) is 11.3 Å². The van der Waals surface area contributed by atoms with Gasteiger partial charge in [-0.2, -0.15) is 0 Å². The first kappa shape index (κ1) is 14.8. The quantitative estimate of drug-likeness (QED) is 0.927. The molecule has 5 nitrogen and oxygen atoms in total. The summed E-state index contributed by atoms with van der Waals surface area (Å²) < 4.78 is 38.0. The van der Waals surface area contributed by atoms with E-state index in [1.807, 2.05) is 19.0 Å². The number of rotatable bonds is 4. The lowest BCUT2D eigenvalue weighted by Gasteiger charge is -2.08. The van der Waals surface area contributed by atoms with Gasteiger partial charge in [-0.25, -0.2) is 16.8 Å². The van der Waals surface area contributed by atoms with Crippen LogP contribution >= 0.6 is 0 Å². The highest BCUT2D eigenvalue weighted by Gasteiger charge is 2.18. The highest BCUT2D eigenvalue weighted by molar-refractivity contribution is 7.89. The number of nitrogens with zero attached hydrogens (tertiary/aromatic N) is 2. The summed E-state index contributed by atoms with van der Waals surface area (Å²) in [5.41, 5.74) is 0.843. The number of likely N-dealkylation sites (N-methyl/N-ethyl adjacent to an activating group) is 1. The largest absolute Gasteiger partial charge is 0.507 e. The van der Waals surface area contributed by atoms with Crippen LogP contribution in [0.15, 0.2) is 18.3 Å². The molecule has 0 fully saturated rings. The maximum Gasteiger partial charge on any atom is 0.236 e. The number of fused-ring (bicyclic) bond motifs is 1. The van der Waals surface area contributed by atoms with Crippen LogP contribution in [-0.2, 0) is 16.4 Å². The molecule has 7 heteroatoms. The molecular weight excluding hydrogens is 283 g/mol. The molecule has 0 bridgehead atoms. The molecule has 20 heavy (non-hydrogen) atoms. The minimum absolute atomic E-state index is 0.166. The first-order chi connectivity index (χ1) is 9.20. The van der Waals surface area contributed by atoms with Gasteiger partial charge in [0.1, 0.15) is 11.6 Å². The monoisotopic (exact) mass is 300 g/mol. The minimum Gasteiger partial charge on any atom is -0.507 e. The van der Waals surface area contributed by atoms with Gasteiger partial charge in [0.25, 0.3) is 0 Å². The topological polar surface area (TPSA) is 62.5 Å². The van der Waals surface area contributed by atoms with Gasteiger partial charge in [-0.1, -0.05) is 0 Å². The number of phenolic OH excluding ortho intramolecular Hbond substituents is 1. The van der Waals surface area contributed by atoms with Crippen molar-refractivity contribution in [3.63, 3.8) is 0 Å². The molecule has 0 saturated heterocycles. The third-order valence-electron chi connectivity index (χ3n) is 3.08. The lowest BCUT2D eigenvalue weighted by atomic mass is 10.1. The Kier molecular flexibility index (Phi) is 3.75. The van der Waals surface area contributed by atoms with Crippen molar-refractivity contribution in [3.05, 3.63) is 29.7 Å². The summed E-state index contributed by atoms with van der Waals surface area (Å²) in [6.07, 6.45) is 3.05. The molecule has 1 N–H and O–H groups in total. The van der Waals surface area contributed by atoms with Gasteiger partial charge in [-0.15, -0.1) is 0 Å². The molecule has 1 aromatic carbocycles. The SMILES string of the molecule is CN(C)CCc1cn(S(C)(=O)=O)c2cc(F)cc(O)c12. The predicted molar refractivity (Wildman–Crippen MR) is 76.1 cm³/mol. The molecule has 0 saturated carbocycles. The van der Waals surface area contributed by atoms with E-state index >= 15 is 0 Å². The zero-order chi connectivity index (χ0) is 15.1. The highest BCUT2D eigenvalue weighted by Crippen LogP contribution is 2.32. The molecule has 1 aromatic heterocycles. The molecule has 0 aliphatic carbocycles. The lowest BCUT2D eigenvalue weighted by molar-refractivity contribution is 0.414. The van der Waals surface area contributed by atoms with Crippen LogP contribution in [0.3, 0.4) is 0 Å². The molecule has 110 valence electrons. The summed E-state index contributed by atoms with van der Waals surface area (Å²) in [5, 5.41) is 10.3. The summed E-state index contributed by atoms with van der Waals surface area (Å²) in [6, 6.07) is 2.11. The van der Waals surface area contributed by atoms with E-state index in [0.717, 1.165) is 22.4 Å². The Morgan fingerprint density at radius 3 is 2.55 bits per heavy atom. The van der Waals surface area contributed by atoms with Crippen LogP contribution in [0.4, 0.5) is 4.39 Å². The predicted octanol–water partition coefficient (Wildman–Crippen LogP) is 1.40. The van der Waals surface area contributed by atoms with Crippen LogP contribution in [0.5, 0.6) is 5.75 Å². The molecule has 1 heterocycles. The van der Waals surface area contributed by atoms with Gasteiger partial charge in [0.05, 0.1) is 11.8 Å². The molecule has 2 rings (SSSR count). The summed E-state index contributed by atoms with van der Waals surface area (Å²) in [4.78, 5) is 1.95. The molecule has 0 spiro atoms. The van der Waals surface area contributed by atoms with E-state index in [9.17, 15) is 17.9 Å².